The molecule has 0 amide bonds. The molecule has 2 aliphatic heterocycles. The normalized spacial score (nSPS) is 21.2. The molecule has 2 aromatic heterocycles. The molecule has 7 nitrogen and oxygen atoms in total. The van der Waals surface area contributed by atoms with Crippen LogP contribution >= 0.6 is 0 Å². The van der Waals surface area contributed by atoms with E-state index in [9.17, 15) is 0 Å². The fraction of sp³-hybridized carbons (Fsp3) is 0.500. The molecular weight excluding hydrogens is 292 g/mol. The van der Waals surface area contributed by atoms with Crippen molar-refractivity contribution in [3.05, 3.63) is 36.0 Å². The summed E-state index contributed by atoms with van der Waals surface area (Å²) in [4.78, 5) is 22.4. The van der Waals surface area contributed by atoms with Gasteiger partial charge in [0.2, 0.25) is 5.95 Å². The lowest BCUT2D eigenvalue weighted by atomic mass is 9.99. The number of hydrogen-bond acceptors (Lipinski definition) is 7. The molecule has 23 heavy (non-hydrogen) atoms. The minimum atomic E-state index is 0.235. The number of morpholine rings is 1. The molecule has 120 valence electrons. The van der Waals surface area contributed by atoms with Crippen molar-refractivity contribution in [2.75, 3.05) is 42.6 Å². The largest absolute Gasteiger partial charge is 0.378 e. The number of ether oxygens (including phenoxy) is 1. The van der Waals surface area contributed by atoms with Gasteiger partial charge in [0.05, 0.1) is 24.9 Å². The third-order valence-electron chi connectivity index (χ3n) is 4.35. The van der Waals surface area contributed by atoms with Gasteiger partial charge < -0.3 is 14.5 Å². The average Bonchev–Trinajstić information content (AvgIpc) is 2.55. The van der Waals surface area contributed by atoms with E-state index >= 15 is 0 Å². The first-order chi connectivity index (χ1) is 11.3. The van der Waals surface area contributed by atoms with E-state index in [0.717, 1.165) is 62.6 Å². The van der Waals surface area contributed by atoms with E-state index in [2.05, 4.69) is 35.8 Å². The van der Waals surface area contributed by atoms with E-state index in [0.29, 0.717) is 0 Å². The zero-order valence-electron chi connectivity index (χ0n) is 13.2. The molecule has 0 aliphatic carbocycles. The SMILES string of the molecule is Cc1nc([C@@H]2CCN2c2ncccn2)cc(N2CCOCC2)n1. The summed E-state index contributed by atoms with van der Waals surface area (Å²) >= 11 is 0. The third kappa shape index (κ3) is 2.84. The molecule has 2 saturated heterocycles. The lowest BCUT2D eigenvalue weighted by Crippen LogP contribution is -2.43. The molecule has 0 radical (unpaired) electrons. The van der Waals surface area contributed by atoms with Crippen molar-refractivity contribution in [1.82, 2.24) is 19.9 Å². The first-order valence-corrected chi connectivity index (χ1v) is 8.03. The molecule has 0 unspecified atom stereocenters. The molecule has 2 aliphatic rings. The highest BCUT2D eigenvalue weighted by Gasteiger charge is 2.33. The minimum Gasteiger partial charge on any atom is -0.378 e. The average molecular weight is 312 g/mol. The van der Waals surface area contributed by atoms with Crippen LogP contribution in [0, 0.1) is 6.92 Å². The van der Waals surface area contributed by atoms with E-state index < -0.39 is 0 Å². The van der Waals surface area contributed by atoms with Crippen LogP contribution in [0.1, 0.15) is 24.0 Å². The van der Waals surface area contributed by atoms with Crippen LogP contribution in [0.5, 0.6) is 0 Å². The van der Waals surface area contributed by atoms with Crippen LogP contribution in [0.15, 0.2) is 24.5 Å². The van der Waals surface area contributed by atoms with E-state index in [1.807, 2.05) is 13.0 Å². The fourth-order valence-corrected chi connectivity index (χ4v) is 3.07. The van der Waals surface area contributed by atoms with Gasteiger partial charge in [-0.05, 0) is 19.4 Å². The lowest BCUT2D eigenvalue weighted by Gasteiger charge is -2.40. The highest BCUT2D eigenvalue weighted by molar-refractivity contribution is 5.45. The van der Waals surface area contributed by atoms with Crippen molar-refractivity contribution in [3.63, 3.8) is 0 Å². The number of aryl methyl sites for hydroxylation is 1. The summed E-state index contributed by atoms with van der Waals surface area (Å²) in [5, 5.41) is 0. The van der Waals surface area contributed by atoms with Crippen LogP contribution in [-0.2, 0) is 4.74 Å². The summed E-state index contributed by atoms with van der Waals surface area (Å²) in [6.07, 6.45) is 4.63. The van der Waals surface area contributed by atoms with E-state index in [-0.39, 0.29) is 6.04 Å². The molecule has 4 rings (SSSR count). The molecule has 2 fully saturated rings. The van der Waals surface area contributed by atoms with Crippen LogP contribution in [0.25, 0.3) is 0 Å². The van der Waals surface area contributed by atoms with Crippen molar-refractivity contribution in [2.24, 2.45) is 0 Å². The number of aromatic nitrogens is 4. The Morgan fingerprint density at radius 1 is 1.09 bits per heavy atom. The number of nitrogens with zero attached hydrogens (tertiary/aromatic N) is 6. The first-order valence-electron chi connectivity index (χ1n) is 8.03. The summed E-state index contributed by atoms with van der Waals surface area (Å²) in [5.41, 5.74) is 1.05. The summed E-state index contributed by atoms with van der Waals surface area (Å²) < 4.78 is 5.43. The Kier molecular flexibility index (Phi) is 3.78. The monoisotopic (exact) mass is 312 g/mol. The van der Waals surface area contributed by atoms with Gasteiger partial charge in [-0.3, -0.25) is 0 Å². The highest BCUT2D eigenvalue weighted by atomic mass is 16.5. The molecule has 2 aromatic rings. The molecule has 7 heteroatoms. The smallest absolute Gasteiger partial charge is 0.225 e. The Morgan fingerprint density at radius 2 is 1.87 bits per heavy atom. The summed E-state index contributed by atoms with van der Waals surface area (Å²) in [6.45, 7) is 6.19. The molecular formula is C16H20N6O. The Balaban J connectivity index is 1.60. The lowest BCUT2D eigenvalue weighted by molar-refractivity contribution is 0.122. The van der Waals surface area contributed by atoms with Crippen molar-refractivity contribution in [1.29, 1.82) is 0 Å². The molecule has 0 bridgehead atoms. The van der Waals surface area contributed by atoms with Gasteiger partial charge in [-0.2, -0.15) is 0 Å². The van der Waals surface area contributed by atoms with Crippen LogP contribution in [0.3, 0.4) is 0 Å². The Labute approximate surface area is 135 Å². The predicted octanol–water partition coefficient (Wildman–Crippen LogP) is 1.36. The van der Waals surface area contributed by atoms with Gasteiger partial charge in [0.15, 0.2) is 0 Å². The first kappa shape index (κ1) is 14.3. The van der Waals surface area contributed by atoms with E-state index in [1.54, 1.807) is 12.4 Å². The van der Waals surface area contributed by atoms with Crippen LogP contribution in [-0.4, -0.2) is 52.8 Å². The molecule has 0 saturated carbocycles. The summed E-state index contributed by atoms with van der Waals surface area (Å²) in [7, 11) is 0. The molecule has 4 heterocycles. The number of rotatable bonds is 3. The van der Waals surface area contributed by atoms with Crippen LogP contribution < -0.4 is 9.80 Å². The van der Waals surface area contributed by atoms with Gasteiger partial charge in [-0.25, -0.2) is 19.9 Å². The zero-order valence-corrected chi connectivity index (χ0v) is 13.2. The fourth-order valence-electron chi connectivity index (χ4n) is 3.07. The molecule has 0 spiro atoms. The van der Waals surface area contributed by atoms with Crippen molar-refractivity contribution >= 4 is 11.8 Å². The Morgan fingerprint density at radius 3 is 2.57 bits per heavy atom. The predicted molar refractivity (Wildman–Crippen MR) is 86.5 cm³/mol. The van der Waals surface area contributed by atoms with E-state index in [4.69, 9.17) is 4.74 Å². The van der Waals surface area contributed by atoms with Crippen LogP contribution in [0.4, 0.5) is 11.8 Å². The summed E-state index contributed by atoms with van der Waals surface area (Å²) in [5.74, 6) is 2.58. The van der Waals surface area contributed by atoms with Crippen molar-refractivity contribution in [3.8, 4) is 0 Å². The second-order valence-corrected chi connectivity index (χ2v) is 5.84. The minimum absolute atomic E-state index is 0.235. The number of anilines is 2. The summed E-state index contributed by atoms with van der Waals surface area (Å²) in [6, 6.07) is 4.18. The van der Waals surface area contributed by atoms with Gasteiger partial charge >= 0.3 is 0 Å². The zero-order chi connectivity index (χ0) is 15.6. The van der Waals surface area contributed by atoms with Gasteiger partial charge in [-0.1, -0.05) is 0 Å². The van der Waals surface area contributed by atoms with Crippen molar-refractivity contribution < 1.29 is 4.74 Å². The maximum absolute atomic E-state index is 5.43. The second-order valence-electron chi connectivity index (χ2n) is 5.84. The van der Waals surface area contributed by atoms with E-state index in [1.165, 1.54) is 0 Å². The Hall–Kier alpha value is -2.28. The quantitative estimate of drug-likeness (QED) is 0.847. The van der Waals surface area contributed by atoms with Gasteiger partial charge in [0.25, 0.3) is 0 Å². The third-order valence-corrected chi connectivity index (χ3v) is 4.35. The van der Waals surface area contributed by atoms with Gasteiger partial charge in [0, 0.05) is 38.1 Å². The standard InChI is InChI=1S/C16H20N6O/c1-12-19-13(11-15(20-12)21-7-9-23-10-8-21)14-3-6-22(14)16-17-4-2-5-18-16/h2,4-5,11,14H,3,6-10H2,1H3/t14-/m0/s1. The van der Waals surface area contributed by atoms with Crippen molar-refractivity contribution in [2.45, 2.75) is 19.4 Å². The topological polar surface area (TPSA) is 67.3 Å². The number of hydrogen-bond donors (Lipinski definition) is 0. The highest BCUT2D eigenvalue weighted by Crippen LogP contribution is 2.35. The Bertz CT molecular complexity index is 674. The maximum atomic E-state index is 5.43. The van der Waals surface area contributed by atoms with Gasteiger partial charge in [-0.15, -0.1) is 0 Å². The molecule has 0 aromatic carbocycles. The second kappa shape index (κ2) is 6.08. The molecule has 0 N–H and O–H groups in total. The maximum Gasteiger partial charge on any atom is 0.225 e. The molecule has 1 atom stereocenters. The van der Waals surface area contributed by atoms with Gasteiger partial charge in [0.1, 0.15) is 11.6 Å². The van der Waals surface area contributed by atoms with Crippen LogP contribution in [0.2, 0.25) is 0 Å².